The van der Waals surface area contributed by atoms with E-state index in [-0.39, 0.29) is 0 Å². The Kier molecular flexibility index (Phi) is 8.19. The van der Waals surface area contributed by atoms with Gasteiger partial charge in [-0.1, -0.05) is 0 Å². The van der Waals surface area contributed by atoms with Crippen molar-refractivity contribution in [1.29, 1.82) is 0 Å². The number of azo groups is 2. The second-order valence-corrected chi connectivity index (χ2v) is 11.4. The van der Waals surface area contributed by atoms with Gasteiger partial charge in [0.25, 0.3) is 0 Å². The number of aromatic nitrogens is 2. The fraction of sp³-hybridized carbons (Fsp3) is 0.357. The van der Waals surface area contributed by atoms with Gasteiger partial charge in [0.2, 0.25) is 0 Å². The third-order valence-electron chi connectivity index (χ3n) is 6.78. The molecule has 1 fully saturated rings. The van der Waals surface area contributed by atoms with Crippen LogP contribution in [0.25, 0.3) is 0 Å². The Labute approximate surface area is 232 Å². The van der Waals surface area contributed by atoms with Gasteiger partial charge >= 0.3 is 10.3 Å². The maximum atomic E-state index is 4.45. The van der Waals surface area contributed by atoms with E-state index < -0.39 is 0 Å². The van der Waals surface area contributed by atoms with E-state index in [9.17, 15) is 0 Å². The molecule has 0 aliphatic carbocycles. The lowest BCUT2D eigenvalue weighted by atomic mass is 10.1. The van der Waals surface area contributed by atoms with E-state index in [1.807, 2.05) is 46.4 Å². The van der Waals surface area contributed by atoms with E-state index in [4.69, 9.17) is 0 Å². The van der Waals surface area contributed by atoms with E-state index in [0.29, 0.717) is 0 Å². The lowest BCUT2D eigenvalue weighted by molar-refractivity contribution is -0.654. The molecule has 10 heteroatoms. The first-order valence-electron chi connectivity index (χ1n) is 12.9. The molecule has 0 amide bonds. The molecule has 5 rings (SSSR count). The minimum absolute atomic E-state index is 0.889. The van der Waals surface area contributed by atoms with Crippen molar-refractivity contribution in [1.82, 2.24) is 0 Å². The van der Waals surface area contributed by atoms with Crippen LogP contribution in [0.1, 0.15) is 24.0 Å². The summed E-state index contributed by atoms with van der Waals surface area (Å²) in [5, 5.41) is 23.5. The molecular weight excluding hydrogens is 512 g/mol. The summed E-state index contributed by atoms with van der Waals surface area (Å²) in [4.78, 5) is 5.04. The second kappa shape index (κ2) is 11.9. The lowest BCUT2D eigenvalue weighted by Crippen LogP contribution is -2.37. The molecule has 4 aromatic rings. The first-order valence-corrected chi connectivity index (χ1v) is 14.6. The van der Waals surface area contributed by atoms with Crippen LogP contribution in [0.2, 0.25) is 0 Å². The number of hydrogen-bond donors (Lipinski definition) is 0. The highest BCUT2D eigenvalue weighted by Crippen LogP contribution is 2.30. The Hall–Kier alpha value is -3.50. The van der Waals surface area contributed by atoms with Crippen LogP contribution in [-0.2, 0) is 14.1 Å². The van der Waals surface area contributed by atoms with E-state index in [1.54, 1.807) is 22.7 Å². The lowest BCUT2D eigenvalue weighted by Gasteiger charge is -2.34. The molecule has 0 bridgehead atoms. The average Bonchev–Trinajstić information content (AvgIpc) is 3.49. The SMILES string of the molecule is Cc1cc(/N=N/c2scc[n+]2C)ccc1N1CCCN(c2ccc(/N=N/c3scc[n+]3C)cc2C)CCC1. The van der Waals surface area contributed by atoms with Gasteiger partial charge in [-0.15, -0.1) is 0 Å². The molecule has 38 heavy (non-hydrogen) atoms. The fourth-order valence-electron chi connectivity index (χ4n) is 4.77. The predicted molar refractivity (Wildman–Crippen MR) is 155 cm³/mol. The van der Waals surface area contributed by atoms with Crippen molar-refractivity contribution in [3.8, 4) is 0 Å². The molecule has 0 radical (unpaired) electrons. The van der Waals surface area contributed by atoms with E-state index in [0.717, 1.165) is 60.7 Å². The van der Waals surface area contributed by atoms with Crippen molar-refractivity contribution in [2.45, 2.75) is 26.7 Å². The van der Waals surface area contributed by atoms with Gasteiger partial charge in [-0.05, 0) is 107 Å². The van der Waals surface area contributed by atoms with Crippen LogP contribution in [-0.4, -0.2) is 26.2 Å². The Morgan fingerprint density at radius 1 is 0.632 bits per heavy atom. The van der Waals surface area contributed by atoms with Gasteiger partial charge in [0.1, 0.15) is 23.8 Å². The Balaban J connectivity index is 1.20. The average molecular weight is 547 g/mol. The highest BCUT2D eigenvalue weighted by atomic mass is 32.1. The van der Waals surface area contributed by atoms with Crippen molar-refractivity contribution in [3.05, 3.63) is 70.7 Å². The van der Waals surface area contributed by atoms with Gasteiger partial charge in [-0.2, -0.15) is 0 Å². The second-order valence-electron chi connectivity index (χ2n) is 9.62. The maximum absolute atomic E-state index is 4.45. The van der Waals surface area contributed by atoms with E-state index in [1.165, 1.54) is 22.5 Å². The minimum atomic E-state index is 0.889. The Morgan fingerprint density at radius 2 is 1.05 bits per heavy atom. The molecule has 3 heterocycles. The summed E-state index contributed by atoms with van der Waals surface area (Å²) in [5.41, 5.74) is 6.85. The van der Waals surface area contributed by atoms with Crippen LogP contribution in [0, 0.1) is 13.8 Å². The summed E-state index contributed by atoms with van der Waals surface area (Å²) in [5.74, 6) is 0. The van der Waals surface area contributed by atoms with Crippen molar-refractivity contribution >= 4 is 55.7 Å². The Bertz CT molecular complexity index is 1340. The van der Waals surface area contributed by atoms with Crippen molar-refractivity contribution in [2.24, 2.45) is 34.6 Å². The first kappa shape index (κ1) is 26.1. The topological polar surface area (TPSA) is 63.7 Å². The van der Waals surface area contributed by atoms with E-state index in [2.05, 4.69) is 80.5 Å². The molecule has 0 saturated carbocycles. The van der Waals surface area contributed by atoms with Crippen molar-refractivity contribution in [3.63, 3.8) is 0 Å². The highest BCUT2D eigenvalue weighted by Gasteiger charge is 2.17. The smallest absolute Gasteiger partial charge is 0.371 e. The van der Waals surface area contributed by atoms with E-state index >= 15 is 0 Å². The molecule has 196 valence electrons. The van der Waals surface area contributed by atoms with Crippen LogP contribution >= 0.6 is 22.7 Å². The Morgan fingerprint density at radius 3 is 1.39 bits per heavy atom. The third kappa shape index (κ3) is 6.14. The van der Waals surface area contributed by atoms with Gasteiger partial charge in [-0.25, -0.2) is 9.13 Å². The van der Waals surface area contributed by atoms with Gasteiger partial charge in [0, 0.05) is 48.3 Å². The number of thiazole rings is 2. The van der Waals surface area contributed by atoms with Crippen LogP contribution in [0.15, 0.2) is 80.0 Å². The standard InChI is InChI=1S/C28H34N8S2/c1-21-19-23(29-31-27-33(3)15-17-37-27)7-9-25(21)35-11-5-13-36(14-6-12-35)26-10-8-24(20-22(26)2)30-32-28-34(4)16-18-38-28/h7-10,15-20H,5-6,11-14H2,1-4H3/q+2. The summed E-state index contributed by atoms with van der Waals surface area (Å²) in [6.07, 6.45) is 6.19. The molecule has 2 aromatic heterocycles. The largest absolute Gasteiger partial charge is 0.408 e. The van der Waals surface area contributed by atoms with Crippen molar-refractivity contribution in [2.75, 3.05) is 36.0 Å². The molecule has 0 spiro atoms. The molecular formula is C28H34N8S2+2. The third-order valence-corrected chi connectivity index (χ3v) is 8.45. The number of aryl methyl sites for hydroxylation is 4. The zero-order chi connectivity index (χ0) is 26.5. The number of benzene rings is 2. The molecule has 0 N–H and O–H groups in total. The van der Waals surface area contributed by atoms with Crippen molar-refractivity contribution < 1.29 is 9.13 Å². The molecule has 1 saturated heterocycles. The highest BCUT2D eigenvalue weighted by molar-refractivity contribution is 7.13. The van der Waals surface area contributed by atoms with Gasteiger partial charge in [-0.3, -0.25) is 0 Å². The molecule has 0 atom stereocenters. The molecule has 8 nitrogen and oxygen atoms in total. The fourth-order valence-corrected chi connectivity index (χ4v) is 6.13. The summed E-state index contributed by atoms with van der Waals surface area (Å²) >= 11 is 3.17. The van der Waals surface area contributed by atoms with Crippen LogP contribution in [0.4, 0.5) is 33.0 Å². The molecule has 0 unspecified atom stereocenters. The quantitative estimate of drug-likeness (QED) is 0.193. The molecule has 2 aromatic carbocycles. The van der Waals surface area contributed by atoms with Crippen LogP contribution < -0.4 is 18.9 Å². The number of anilines is 2. The summed E-state index contributed by atoms with van der Waals surface area (Å²) in [7, 11) is 3.97. The minimum Gasteiger partial charge on any atom is -0.371 e. The van der Waals surface area contributed by atoms with Gasteiger partial charge in [0.15, 0.2) is 0 Å². The zero-order valence-corrected chi connectivity index (χ0v) is 24.0. The number of rotatable bonds is 6. The first-order chi connectivity index (χ1) is 18.5. The zero-order valence-electron chi connectivity index (χ0n) is 22.4. The monoisotopic (exact) mass is 546 g/mol. The predicted octanol–water partition coefficient (Wildman–Crippen LogP) is 7.01. The molecule has 1 aliphatic rings. The normalized spacial score (nSPS) is 14.9. The number of nitrogens with zero attached hydrogens (tertiary/aromatic N) is 8. The molecule has 1 aliphatic heterocycles. The summed E-state index contributed by atoms with van der Waals surface area (Å²) < 4.78 is 3.96. The summed E-state index contributed by atoms with van der Waals surface area (Å²) in [6.45, 7) is 8.48. The van der Waals surface area contributed by atoms with Gasteiger partial charge < -0.3 is 9.80 Å². The number of hydrogen-bond acceptors (Lipinski definition) is 8. The maximum Gasteiger partial charge on any atom is 0.408 e. The van der Waals surface area contributed by atoms with Crippen LogP contribution in [0.5, 0.6) is 0 Å². The van der Waals surface area contributed by atoms with Crippen LogP contribution in [0.3, 0.4) is 0 Å². The van der Waals surface area contributed by atoms with Gasteiger partial charge in [0.05, 0.1) is 24.3 Å². The summed E-state index contributed by atoms with van der Waals surface area (Å²) in [6, 6.07) is 12.8.